The number of pyridine rings is 1. The van der Waals surface area contributed by atoms with Gasteiger partial charge in [0.25, 0.3) is 5.91 Å². The normalized spacial score (nSPS) is 23.3. The Bertz CT molecular complexity index is 1540. The third-order valence-corrected chi connectivity index (χ3v) is 8.43. The molecule has 8 nitrogen and oxygen atoms in total. The zero-order chi connectivity index (χ0) is 24.7. The molecule has 2 aliphatic carbocycles. The molecule has 0 unspecified atom stereocenters. The van der Waals surface area contributed by atoms with Gasteiger partial charge in [-0.2, -0.15) is 0 Å². The zero-order valence-corrected chi connectivity index (χ0v) is 20.4. The summed E-state index contributed by atoms with van der Waals surface area (Å²) in [7, 11) is 3.53. The van der Waals surface area contributed by atoms with Crippen LogP contribution in [0.25, 0.3) is 33.6 Å². The average molecular weight is 489 g/mol. The summed E-state index contributed by atoms with van der Waals surface area (Å²) in [6, 6.07) is 7.03. The van der Waals surface area contributed by atoms with Crippen LogP contribution >= 0.6 is 0 Å². The van der Waals surface area contributed by atoms with Crippen molar-refractivity contribution >= 4 is 28.0 Å². The number of benzene rings is 1. The molecule has 1 aromatic carbocycles. The van der Waals surface area contributed by atoms with Gasteiger partial charge in [-0.1, -0.05) is 0 Å². The van der Waals surface area contributed by atoms with Crippen molar-refractivity contribution in [3.05, 3.63) is 41.8 Å². The van der Waals surface area contributed by atoms with Gasteiger partial charge in [-0.25, -0.2) is 14.4 Å². The van der Waals surface area contributed by atoms with Gasteiger partial charge in [-0.3, -0.25) is 4.79 Å². The lowest BCUT2D eigenvalue weighted by atomic mass is 10.1. The Morgan fingerprint density at radius 2 is 2.06 bits per heavy atom. The molecule has 3 fully saturated rings. The smallest absolute Gasteiger partial charge is 0.254 e. The van der Waals surface area contributed by atoms with Gasteiger partial charge in [0.15, 0.2) is 5.82 Å². The largest absolute Gasteiger partial charge is 0.494 e. The molecule has 0 radical (unpaired) electrons. The molecule has 2 saturated carbocycles. The van der Waals surface area contributed by atoms with Crippen LogP contribution in [0.2, 0.25) is 0 Å². The predicted molar refractivity (Wildman–Crippen MR) is 134 cm³/mol. The van der Waals surface area contributed by atoms with E-state index in [1.54, 1.807) is 13.2 Å². The topological polar surface area (TPSA) is 91.2 Å². The number of methoxy groups -OCH3 is 1. The van der Waals surface area contributed by atoms with E-state index in [0.29, 0.717) is 52.1 Å². The van der Waals surface area contributed by atoms with Gasteiger partial charge in [0, 0.05) is 44.0 Å². The van der Waals surface area contributed by atoms with E-state index in [0.717, 1.165) is 43.4 Å². The lowest BCUT2D eigenvalue weighted by molar-refractivity contribution is 0.0700. The Balaban J connectivity index is 1.36. The summed E-state index contributed by atoms with van der Waals surface area (Å²) in [6.45, 7) is 1.48. The van der Waals surface area contributed by atoms with Crippen molar-refractivity contribution < 1.29 is 13.9 Å². The molecule has 4 heterocycles. The van der Waals surface area contributed by atoms with E-state index in [1.165, 1.54) is 12.3 Å². The number of rotatable bonds is 5. The van der Waals surface area contributed by atoms with E-state index < -0.39 is 0 Å². The zero-order valence-electron chi connectivity index (χ0n) is 20.4. The second kappa shape index (κ2) is 7.77. The van der Waals surface area contributed by atoms with Gasteiger partial charge in [0.2, 0.25) is 0 Å². The van der Waals surface area contributed by atoms with Crippen LogP contribution in [0.5, 0.6) is 5.75 Å². The van der Waals surface area contributed by atoms with E-state index in [9.17, 15) is 9.18 Å². The standard InChI is InChI=1S/C27H29FN6O2/c1-32-24-19(9-16(10-22(24)36-2)27(35)34-13-15-5-6-20(34)23(15)29)31-26(32)21-11-17-18(28)7-8-30-25(17)33(21)12-14-3-4-14/h7-11,14-15,20,23H,3-6,12-13,29H2,1-2H3/t15-,20-,23-/m1/s1. The van der Waals surface area contributed by atoms with Crippen LogP contribution in [-0.2, 0) is 13.6 Å². The number of amides is 1. The highest BCUT2D eigenvalue weighted by Crippen LogP contribution is 2.40. The van der Waals surface area contributed by atoms with Crippen molar-refractivity contribution in [1.29, 1.82) is 0 Å². The number of imidazole rings is 1. The lowest BCUT2D eigenvalue weighted by Gasteiger charge is -2.27. The van der Waals surface area contributed by atoms with Crippen LogP contribution in [-0.4, -0.2) is 55.6 Å². The number of nitrogens with zero attached hydrogens (tertiary/aromatic N) is 5. The minimum atomic E-state index is -0.293. The Labute approximate surface area is 207 Å². The number of hydrogen-bond acceptors (Lipinski definition) is 5. The first kappa shape index (κ1) is 21.8. The summed E-state index contributed by atoms with van der Waals surface area (Å²) >= 11 is 0. The number of halogens is 1. The number of ether oxygens (including phenoxy) is 1. The minimum Gasteiger partial charge on any atom is -0.494 e. The number of aromatic nitrogens is 4. The molecule has 1 aliphatic heterocycles. The summed E-state index contributed by atoms with van der Waals surface area (Å²) in [6.07, 6.45) is 5.89. The fourth-order valence-electron chi connectivity index (χ4n) is 6.31. The highest BCUT2D eigenvalue weighted by atomic mass is 19.1. The van der Waals surface area contributed by atoms with Crippen molar-refractivity contribution in [3.8, 4) is 17.3 Å². The number of aryl methyl sites for hydroxylation is 1. The molecule has 36 heavy (non-hydrogen) atoms. The van der Waals surface area contributed by atoms with Crippen LogP contribution in [0.1, 0.15) is 36.0 Å². The highest BCUT2D eigenvalue weighted by molar-refractivity contribution is 6.00. The minimum absolute atomic E-state index is 0.0285. The van der Waals surface area contributed by atoms with E-state index in [1.807, 2.05) is 28.6 Å². The third kappa shape index (κ3) is 3.11. The summed E-state index contributed by atoms with van der Waals surface area (Å²) < 4.78 is 24.5. The van der Waals surface area contributed by atoms with E-state index in [4.69, 9.17) is 15.5 Å². The second-order valence-corrected chi connectivity index (χ2v) is 10.6. The molecule has 1 amide bonds. The van der Waals surface area contributed by atoms with Gasteiger partial charge in [0.05, 0.1) is 23.7 Å². The van der Waals surface area contributed by atoms with Crippen LogP contribution in [0.15, 0.2) is 30.5 Å². The van der Waals surface area contributed by atoms with Gasteiger partial charge < -0.3 is 24.5 Å². The van der Waals surface area contributed by atoms with Crippen molar-refractivity contribution in [3.63, 3.8) is 0 Å². The third-order valence-electron chi connectivity index (χ3n) is 8.43. The van der Waals surface area contributed by atoms with Crippen LogP contribution < -0.4 is 10.5 Å². The summed E-state index contributed by atoms with van der Waals surface area (Å²) in [5, 5.41) is 0.489. The summed E-state index contributed by atoms with van der Waals surface area (Å²) in [4.78, 5) is 24.9. The highest BCUT2D eigenvalue weighted by Gasteiger charge is 2.47. The fourth-order valence-corrected chi connectivity index (χ4v) is 6.31. The van der Waals surface area contributed by atoms with Crippen LogP contribution in [0.4, 0.5) is 4.39 Å². The van der Waals surface area contributed by atoms with Crippen molar-refractivity contribution in [2.24, 2.45) is 24.6 Å². The first-order valence-corrected chi connectivity index (χ1v) is 12.7. The van der Waals surface area contributed by atoms with Gasteiger partial charge >= 0.3 is 0 Å². The maximum atomic E-state index is 14.7. The molecule has 4 aromatic rings. The molecular formula is C27H29FN6O2. The average Bonchev–Trinajstić information content (AvgIpc) is 3.27. The van der Waals surface area contributed by atoms with Crippen LogP contribution in [0, 0.1) is 17.7 Å². The van der Waals surface area contributed by atoms with E-state index in [2.05, 4.69) is 9.55 Å². The number of likely N-dealkylation sites (tertiary alicyclic amines) is 1. The van der Waals surface area contributed by atoms with Crippen molar-refractivity contribution in [2.75, 3.05) is 13.7 Å². The first-order chi connectivity index (χ1) is 17.4. The molecule has 7 rings (SSSR count). The summed E-state index contributed by atoms with van der Waals surface area (Å²) in [5.41, 5.74) is 9.80. The monoisotopic (exact) mass is 488 g/mol. The molecule has 2 N–H and O–H groups in total. The fraction of sp³-hybridized carbons (Fsp3) is 0.444. The molecule has 3 aliphatic rings. The Kier molecular flexibility index (Phi) is 4.70. The molecule has 3 aromatic heterocycles. The maximum Gasteiger partial charge on any atom is 0.254 e. The number of nitrogens with two attached hydrogens (primary N) is 1. The molecule has 2 bridgehead atoms. The van der Waals surface area contributed by atoms with Gasteiger partial charge in [-0.15, -0.1) is 0 Å². The molecular weight excluding hydrogens is 459 g/mol. The van der Waals surface area contributed by atoms with Gasteiger partial charge in [0.1, 0.15) is 22.7 Å². The predicted octanol–water partition coefficient (Wildman–Crippen LogP) is 3.71. The molecule has 0 spiro atoms. The SMILES string of the molecule is COc1cc(C(=O)N2C[C@H]3CC[C@@H]2[C@@H]3N)cc2nc(-c3cc4c(F)ccnc4n3CC3CC3)n(C)c12. The molecule has 9 heteroatoms. The van der Waals surface area contributed by atoms with Crippen molar-refractivity contribution in [1.82, 2.24) is 24.0 Å². The molecule has 1 saturated heterocycles. The van der Waals surface area contributed by atoms with Gasteiger partial charge in [-0.05, 0) is 61.8 Å². The Morgan fingerprint density at radius 1 is 1.22 bits per heavy atom. The maximum absolute atomic E-state index is 14.7. The molecule has 3 atom stereocenters. The van der Waals surface area contributed by atoms with Crippen molar-refractivity contribution in [2.45, 2.75) is 44.3 Å². The lowest BCUT2D eigenvalue weighted by Crippen LogP contribution is -2.41. The first-order valence-electron chi connectivity index (χ1n) is 12.7. The number of hydrogen-bond donors (Lipinski definition) is 1. The quantitative estimate of drug-likeness (QED) is 0.463. The number of carbonyl (C=O) groups is 1. The number of carbonyl (C=O) groups excluding carboxylic acids is 1. The second-order valence-electron chi connectivity index (χ2n) is 10.6. The number of fused-ring (bicyclic) bond motifs is 4. The number of piperidine rings is 1. The molecule has 186 valence electrons. The Morgan fingerprint density at radius 3 is 2.75 bits per heavy atom. The summed E-state index contributed by atoms with van der Waals surface area (Å²) in [5.74, 6) is 1.90. The van der Waals surface area contributed by atoms with Crippen LogP contribution in [0.3, 0.4) is 0 Å². The Hall–Kier alpha value is -3.46. The van der Waals surface area contributed by atoms with E-state index in [-0.39, 0.29) is 23.8 Å². The van der Waals surface area contributed by atoms with E-state index >= 15 is 0 Å².